The summed E-state index contributed by atoms with van der Waals surface area (Å²) in [7, 11) is 0. The fraction of sp³-hybridized carbons (Fsp3) is 0.771. The molecule has 0 radical (unpaired) electrons. The number of ether oxygens (including phenoxy) is 6. The zero-order valence-electron chi connectivity index (χ0n) is 89.2. The molecule has 0 atom stereocenters. The van der Waals surface area contributed by atoms with E-state index in [1.807, 2.05) is 0 Å². The van der Waals surface area contributed by atoms with E-state index in [-0.39, 0.29) is 109 Å². The second kappa shape index (κ2) is 70.0. The van der Waals surface area contributed by atoms with Crippen LogP contribution in [0.5, 0.6) is 0 Å². The van der Waals surface area contributed by atoms with Gasteiger partial charge >= 0.3 is 114 Å². The van der Waals surface area contributed by atoms with Crippen molar-refractivity contribution in [3.8, 4) is 0 Å². The summed E-state index contributed by atoms with van der Waals surface area (Å²) < 4.78 is 31.7. The molecule has 0 unspecified atom stereocenters. The third kappa shape index (κ3) is 79.9. The fourth-order valence-corrected chi connectivity index (χ4v) is 14.8. The summed E-state index contributed by atoms with van der Waals surface area (Å²) >= 11 is 0. The van der Waals surface area contributed by atoms with Gasteiger partial charge in [0.15, 0.2) is 0 Å². The van der Waals surface area contributed by atoms with Gasteiger partial charge in [0.05, 0.1) is 32.1 Å². The first-order valence-corrected chi connectivity index (χ1v) is 47.9. The molecule has 0 bridgehead atoms. The maximum absolute atomic E-state index is 13.8. The normalized spacial score (nSPS) is 11.9. The van der Waals surface area contributed by atoms with E-state index in [1.54, 1.807) is 132 Å². The van der Waals surface area contributed by atoms with Crippen LogP contribution in [-0.4, -0.2) is 286 Å². The molecule has 1 amide bonds. The summed E-state index contributed by atoms with van der Waals surface area (Å²) in [5.41, 5.74) is -9.89. The molecule has 0 aromatic heterocycles. The molecule has 0 heterocycles. The summed E-state index contributed by atoms with van der Waals surface area (Å²) in [6.07, 6.45) is -19.4. The number of carbonyl (C=O) groups excluding carboxylic acids is 10. The predicted molar refractivity (Wildman–Crippen MR) is 520 cm³/mol. The number of carbonyl (C=O) groups is 22. The van der Waals surface area contributed by atoms with Gasteiger partial charge in [0.2, 0.25) is 22.5 Å². The van der Waals surface area contributed by atoms with Crippen LogP contribution in [0.25, 0.3) is 0 Å². The number of Topliss-reactive ketones (excluding diaryl/α,β-unsaturated/α-hetero) is 2. The lowest BCUT2D eigenvalue weighted by Gasteiger charge is -2.35. The van der Waals surface area contributed by atoms with Gasteiger partial charge in [0, 0.05) is 180 Å². The number of carboxylic acid groups (broad SMARTS) is 12. The van der Waals surface area contributed by atoms with Crippen LogP contribution in [0.3, 0.4) is 0 Å². The second-order valence-electron chi connectivity index (χ2n) is 42.4. The first-order chi connectivity index (χ1) is 68.1. The van der Waals surface area contributed by atoms with Crippen LogP contribution < -0.4 is 11.1 Å². The minimum absolute atomic E-state index is 0.0465. The Hall–Kier alpha value is -13.2. The van der Waals surface area contributed by atoms with Gasteiger partial charge in [0.25, 0.3) is 0 Å². The first kappa shape index (κ1) is 147. The van der Waals surface area contributed by atoms with Gasteiger partial charge in [-0.05, 0) is 213 Å². The smallest absolute Gasteiger partial charge is 0.330 e. The maximum Gasteiger partial charge on any atom is 0.330 e. The van der Waals surface area contributed by atoms with Gasteiger partial charge in [-0.25, -0.2) is 5.26 Å². The molecule has 862 valence electrons. The molecule has 0 aromatic carbocycles. The number of nitrogens with zero attached hydrogens (tertiary/aromatic N) is 3. The summed E-state index contributed by atoms with van der Waals surface area (Å²) in [6, 6.07) is 0. The van der Waals surface area contributed by atoms with Crippen molar-refractivity contribution in [2.24, 2.45) is 16.6 Å². The molecule has 0 aliphatic rings. The number of ketones is 2. The van der Waals surface area contributed by atoms with E-state index >= 15 is 0 Å². The summed E-state index contributed by atoms with van der Waals surface area (Å²) in [5, 5.41) is 163. The van der Waals surface area contributed by atoms with E-state index < -0.39 is 379 Å². The molecule has 17 N–H and O–H groups in total. The number of aliphatic hydroxyl groups excluding tert-OH is 1. The maximum atomic E-state index is 13.8. The van der Waals surface area contributed by atoms with Gasteiger partial charge in [0.1, 0.15) is 58.0 Å². The van der Waals surface area contributed by atoms with Gasteiger partial charge in [-0.3, -0.25) is 136 Å². The quantitative estimate of drug-likeness (QED) is 0.00671. The number of nitrogens with one attached hydrogen (secondary N) is 1. The molecule has 54 heteroatoms. The molecule has 0 spiro atoms. The fourth-order valence-electron chi connectivity index (χ4n) is 14.8. The largest absolute Gasteiger partial charge is 0.481 e. The van der Waals surface area contributed by atoms with Crippen molar-refractivity contribution >= 4 is 131 Å². The van der Waals surface area contributed by atoms with E-state index in [0.29, 0.717) is 0 Å². The van der Waals surface area contributed by atoms with Crippen molar-refractivity contribution in [2.75, 3.05) is 6.61 Å². The van der Waals surface area contributed by atoms with Gasteiger partial charge < -0.3 is 111 Å². The molecular weight excluding hydrogens is 2010 g/mol. The second-order valence-corrected chi connectivity index (χ2v) is 42.4. The Bertz CT molecular complexity index is 4040. The first-order valence-electron chi connectivity index (χ1n) is 47.9. The predicted octanol–water partition coefficient (Wildman–Crippen LogP) is 11.3. The number of hydrogen-bond acceptors (Lipinski definition) is 38. The minimum Gasteiger partial charge on any atom is -0.481 e. The van der Waals surface area contributed by atoms with Gasteiger partial charge in [-0.2, -0.15) is 0 Å². The Morgan fingerprint density at radius 2 is 0.453 bits per heavy atom. The van der Waals surface area contributed by atoms with Crippen molar-refractivity contribution in [2.45, 2.75) is 456 Å². The number of carboxylic acids is 12. The number of aliphatic hydroxyl groups is 1. The Kier molecular flexibility index (Phi) is 68.8. The van der Waals surface area contributed by atoms with E-state index in [1.165, 1.54) is 0 Å². The third-order valence-corrected chi connectivity index (χ3v) is 21.8. The molecule has 0 saturated carbocycles. The van der Waals surface area contributed by atoms with Crippen molar-refractivity contribution in [1.82, 2.24) is 5.32 Å². The lowest BCUT2D eigenvalue weighted by Crippen LogP contribution is -2.50. The van der Waals surface area contributed by atoms with E-state index in [9.17, 15) is 177 Å². The van der Waals surface area contributed by atoms with E-state index in [4.69, 9.17) is 64.6 Å². The monoisotopic (exact) mass is 2170 g/mol. The molecule has 0 aliphatic carbocycles. The van der Waals surface area contributed by atoms with Crippen LogP contribution in [0.15, 0.2) is 0 Å². The molecule has 0 aromatic rings. The SMILES string of the molecule is CC(C)(C)OC(=O)CCC(CCC(=O)OC(C)(C)C)(CC(=O)OC(C)(C)C)[N+](=O)[O-].CC(C)(C)OC(=O)CCC(N)(CCC(=O)OC(C)(C)C)CC(=O)OC(C)(C)C.CCO.O=C(O)CCC(CCC(=O)O)(CC(=O)O)[N+](=O)[O-].O=C(O)CCC(CCC(=O)O)(CCC(=O)O)CC(=O)CCC(CCC(=O)CC(CCC(=O)O)(CCC(=O)O)CCC(=O)O)(CCC(=O)NC(CCC(=O)O)(CCC(=O)O)CCC(=O)O)[N+](=O)[O-].O=COO. The molecule has 54 nitrogen and oxygen atoms in total. The molecule has 0 aliphatic heterocycles. The number of aliphatic carboxylic acids is 12. The van der Waals surface area contributed by atoms with Crippen LogP contribution in [0, 0.1) is 41.2 Å². The van der Waals surface area contributed by atoms with Crippen LogP contribution in [0.1, 0.15) is 395 Å². The highest BCUT2D eigenvalue weighted by molar-refractivity contribution is 5.82. The zero-order chi connectivity index (χ0) is 118. The van der Waals surface area contributed by atoms with Crippen molar-refractivity contribution in [3.63, 3.8) is 0 Å². The van der Waals surface area contributed by atoms with Crippen LogP contribution >= 0.6 is 0 Å². The topological polar surface area (TPSA) is 891 Å². The minimum atomic E-state index is -2.40. The number of rotatable bonds is 69. The standard InChI is InChI=1S/C42H62N2O23.C21H37NO8.C21H39NO6.C9H13NO8.C2H6O.CH2O3/c45-27(25-39(13-4-30(48)49,14-5-31(50)51)15-6-32(52)53)1-22-42(44(66)67,23-2-28(46)26-40(16-7-33(54)55,17-8-34(56)57)18-9-35(58)59)24-3-29(47)43-41(19-10-36(60)61,20-11-37(62)63)21-12-38(64)65;1-18(2,3)28-15(23)10-12-21(22(26)27,14-17(25)30-20(7,8)9)13-11-16(24)29-19(4,5)6;1-18(2,3)26-15(23)10-12-21(22,14-17(25)28-20(7,8)9)13-11-16(24)27-19(4,5)6;11-6(12)1-3-9(10(17)18,5-8(15)16)4-2-7(13)14;1-2-3;2-1-4-3/h1-26H2,(H,43,47)(H,48,49)(H,50,51)(H,52,53)(H,54,55)(H,56,57)(H,58,59)(H,60,61)(H,62,63)(H,64,65);10-14H2,1-9H3;10-14,22H2,1-9H3;1-5H2,(H,11,12)(H,13,14)(H,15,16);3H,2H2,1H3;1,3H. The highest BCUT2D eigenvalue weighted by Crippen LogP contribution is 2.44. The summed E-state index contributed by atoms with van der Waals surface area (Å²) in [4.78, 5) is 295. The average Bonchev–Trinajstić information content (AvgIpc) is 0.834. The Balaban J connectivity index is -0.000000512. The van der Waals surface area contributed by atoms with Crippen LogP contribution in [-0.2, 0) is 139 Å². The lowest BCUT2D eigenvalue weighted by molar-refractivity contribution is -0.573. The summed E-state index contributed by atoms with van der Waals surface area (Å²) in [5.74, 6) is -22.3. The summed E-state index contributed by atoms with van der Waals surface area (Å²) in [6.45, 7) is 33.0. The lowest BCUT2D eigenvalue weighted by atomic mass is 9.70. The van der Waals surface area contributed by atoms with Gasteiger partial charge in [-0.15, -0.1) is 0 Å². The zero-order valence-corrected chi connectivity index (χ0v) is 89.2. The molecule has 0 fully saturated rings. The Morgan fingerprint density at radius 1 is 0.267 bits per heavy atom. The number of nitrogens with two attached hydrogens (primary N) is 1. The number of hydrogen-bond donors (Lipinski definition) is 16. The Labute approximate surface area is 868 Å². The average molecular weight is 2170 g/mol. The number of amides is 1. The Morgan fingerprint density at radius 3 is 0.667 bits per heavy atom. The van der Waals surface area contributed by atoms with Crippen molar-refractivity contribution < 1.29 is 225 Å². The van der Waals surface area contributed by atoms with Crippen LogP contribution in [0.4, 0.5) is 0 Å². The number of nitro groups is 3. The molecule has 150 heavy (non-hydrogen) atoms. The molecular formula is C96H159N5O49. The van der Waals surface area contributed by atoms with E-state index in [2.05, 4.69) is 10.2 Å². The molecule has 0 rings (SSSR count). The highest BCUT2D eigenvalue weighted by atomic mass is 17.1. The van der Waals surface area contributed by atoms with Crippen molar-refractivity contribution in [3.05, 3.63) is 30.3 Å². The van der Waals surface area contributed by atoms with Crippen LogP contribution in [0.2, 0.25) is 0 Å². The third-order valence-electron chi connectivity index (χ3n) is 21.8. The molecule has 0 saturated heterocycles. The highest BCUT2D eigenvalue weighted by Gasteiger charge is 2.50. The van der Waals surface area contributed by atoms with Gasteiger partial charge in [-0.1, -0.05) is 0 Å². The van der Waals surface area contributed by atoms with Crippen molar-refractivity contribution in [1.29, 1.82) is 0 Å². The van der Waals surface area contributed by atoms with E-state index in [0.717, 1.165) is 0 Å². The number of esters is 6.